The number of hydrogen-bond acceptors (Lipinski definition) is 3. The van der Waals surface area contributed by atoms with Crippen LogP contribution in [0.25, 0.3) is 0 Å². The van der Waals surface area contributed by atoms with Crippen molar-refractivity contribution in [2.45, 2.75) is 64.0 Å². The first kappa shape index (κ1) is 13.9. The van der Waals surface area contributed by atoms with Crippen LogP contribution in [0.4, 0.5) is 0 Å². The van der Waals surface area contributed by atoms with Crippen LogP contribution in [0.2, 0.25) is 0 Å². The van der Waals surface area contributed by atoms with Gasteiger partial charge in [-0.1, -0.05) is 19.3 Å². The summed E-state index contributed by atoms with van der Waals surface area (Å²) < 4.78 is 0. The van der Waals surface area contributed by atoms with Crippen molar-refractivity contribution in [2.75, 3.05) is 19.7 Å². The molecule has 0 aliphatic carbocycles. The number of piperidine rings is 1. The molecule has 0 saturated carbocycles. The van der Waals surface area contributed by atoms with Crippen molar-refractivity contribution in [1.29, 1.82) is 0 Å². The van der Waals surface area contributed by atoms with Crippen LogP contribution in [0.15, 0.2) is 0 Å². The maximum Gasteiger partial charge on any atom is 0.0431 e. The zero-order valence-corrected chi connectivity index (χ0v) is 10.7. The summed E-state index contributed by atoms with van der Waals surface area (Å²) in [7, 11) is 0. The summed E-state index contributed by atoms with van der Waals surface area (Å²) in [6.07, 6.45) is 8.54. The molecule has 0 aromatic heterocycles. The Morgan fingerprint density at radius 2 is 1.94 bits per heavy atom. The lowest BCUT2D eigenvalue weighted by molar-refractivity contribution is 0.0949. The van der Waals surface area contributed by atoms with Crippen LogP contribution in [0.5, 0.6) is 0 Å². The smallest absolute Gasteiger partial charge is 0.0431 e. The second-order valence-electron chi connectivity index (χ2n) is 5.05. The third-order valence-corrected chi connectivity index (χ3v) is 3.79. The Labute approximate surface area is 100 Å². The van der Waals surface area contributed by atoms with Crippen LogP contribution in [-0.2, 0) is 0 Å². The van der Waals surface area contributed by atoms with Gasteiger partial charge in [0.2, 0.25) is 0 Å². The molecule has 0 bridgehead atoms. The number of hydrogen-bond donors (Lipinski definition) is 2. The summed E-state index contributed by atoms with van der Waals surface area (Å²) in [6.45, 7) is 4.66. The van der Waals surface area contributed by atoms with Crippen molar-refractivity contribution in [3.05, 3.63) is 0 Å². The van der Waals surface area contributed by atoms with Gasteiger partial charge < -0.3 is 10.8 Å². The first-order chi connectivity index (χ1) is 7.79. The minimum Gasteiger partial charge on any atom is -0.396 e. The number of aliphatic hydroxyl groups excluding tert-OH is 1. The van der Waals surface area contributed by atoms with Crippen LogP contribution in [0.1, 0.15) is 51.9 Å². The summed E-state index contributed by atoms with van der Waals surface area (Å²) in [4.78, 5) is 2.60. The maximum absolute atomic E-state index is 8.71. The Bertz CT molecular complexity index is 175. The van der Waals surface area contributed by atoms with Gasteiger partial charge in [-0.05, 0) is 39.2 Å². The molecule has 1 heterocycles. The molecule has 0 aromatic carbocycles. The normalized spacial score (nSPS) is 27.2. The minimum atomic E-state index is 0.339. The topological polar surface area (TPSA) is 49.5 Å². The third-order valence-electron chi connectivity index (χ3n) is 3.79. The number of nitrogens with two attached hydrogens (primary N) is 1. The van der Waals surface area contributed by atoms with Crippen molar-refractivity contribution in [1.82, 2.24) is 4.90 Å². The van der Waals surface area contributed by atoms with Crippen LogP contribution in [0, 0.1) is 0 Å². The van der Waals surface area contributed by atoms with Gasteiger partial charge in [0.15, 0.2) is 0 Å². The molecule has 0 aromatic rings. The lowest BCUT2D eigenvalue weighted by atomic mass is 9.96. The molecule has 1 rings (SSSR count). The third kappa shape index (κ3) is 4.40. The summed E-state index contributed by atoms with van der Waals surface area (Å²) in [5.41, 5.74) is 5.83. The number of rotatable bonds is 7. The molecule has 1 fully saturated rings. The van der Waals surface area contributed by atoms with Gasteiger partial charge in [-0.2, -0.15) is 0 Å². The van der Waals surface area contributed by atoms with E-state index in [1.165, 1.54) is 38.6 Å². The largest absolute Gasteiger partial charge is 0.396 e. The molecule has 1 saturated heterocycles. The van der Waals surface area contributed by atoms with Gasteiger partial charge in [0.25, 0.3) is 0 Å². The molecule has 16 heavy (non-hydrogen) atoms. The van der Waals surface area contributed by atoms with Gasteiger partial charge in [0.1, 0.15) is 0 Å². The van der Waals surface area contributed by atoms with Gasteiger partial charge in [-0.15, -0.1) is 0 Å². The van der Waals surface area contributed by atoms with Gasteiger partial charge in [-0.3, -0.25) is 4.90 Å². The minimum absolute atomic E-state index is 0.339. The lowest BCUT2D eigenvalue weighted by Gasteiger charge is -2.40. The molecule has 2 unspecified atom stereocenters. The number of aliphatic hydroxyl groups is 1. The van der Waals surface area contributed by atoms with E-state index in [1.807, 2.05) is 0 Å². The summed E-state index contributed by atoms with van der Waals surface area (Å²) in [5, 5.41) is 8.71. The van der Waals surface area contributed by atoms with Crippen LogP contribution in [0.3, 0.4) is 0 Å². The molecule has 0 amide bonds. The second kappa shape index (κ2) is 8.04. The van der Waals surface area contributed by atoms with E-state index in [-0.39, 0.29) is 0 Å². The monoisotopic (exact) mass is 228 g/mol. The molecule has 3 N–H and O–H groups in total. The summed E-state index contributed by atoms with van der Waals surface area (Å²) in [6, 6.07) is 1.32. The highest BCUT2D eigenvalue weighted by molar-refractivity contribution is 4.82. The molecule has 1 aliphatic rings. The zero-order chi connectivity index (χ0) is 11.8. The zero-order valence-electron chi connectivity index (χ0n) is 10.7. The van der Waals surface area contributed by atoms with Gasteiger partial charge >= 0.3 is 0 Å². The van der Waals surface area contributed by atoms with E-state index in [0.717, 1.165) is 19.4 Å². The predicted octanol–water partition coefficient (Wildman–Crippen LogP) is 1.74. The molecule has 3 nitrogen and oxygen atoms in total. The summed E-state index contributed by atoms with van der Waals surface area (Å²) in [5.74, 6) is 0. The Morgan fingerprint density at radius 3 is 2.62 bits per heavy atom. The first-order valence-electron chi connectivity index (χ1n) is 6.86. The maximum atomic E-state index is 8.71. The second-order valence-corrected chi connectivity index (χ2v) is 5.05. The fourth-order valence-electron chi connectivity index (χ4n) is 2.76. The molecule has 96 valence electrons. The van der Waals surface area contributed by atoms with Gasteiger partial charge in [0, 0.05) is 25.2 Å². The van der Waals surface area contributed by atoms with Crippen LogP contribution >= 0.6 is 0 Å². The predicted molar refractivity (Wildman–Crippen MR) is 68.4 cm³/mol. The van der Waals surface area contributed by atoms with Crippen molar-refractivity contribution in [3.8, 4) is 0 Å². The van der Waals surface area contributed by atoms with Crippen molar-refractivity contribution >= 4 is 0 Å². The van der Waals surface area contributed by atoms with Crippen molar-refractivity contribution in [2.24, 2.45) is 5.73 Å². The average molecular weight is 228 g/mol. The lowest BCUT2D eigenvalue weighted by Crippen LogP contribution is -2.49. The Kier molecular flexibility index (Phi) is 7.01. The number of nitrogens with zero attached hydrogens (tertiary/aromatic N) is 1. The van der Waals surface area contributed by atoms with E-state index >= 15 is 0 Å². The van der Waals surface area contributed by atoms with Crippen molar-refractivity contribution in [3.63, 3.8) is 0 Å². The molecule has 2 atom stereocenters. The molecule has 0 radical (unpaired) electrons. The highest BCUT2D eigenvalue weighted by Gasteiger charge is 2.25. The molecule has 3 heteroatoms. The van der Waals surface area contributed by atoms with E-state index in [2.05, 4.69) is 11.8 Å². The quantitative estimate of drug-likeness (QED) is 0.653. The Morgan fingerprint density at radius 1 is 1.19 bits per heavy atom. The van der Waals surface area contributed by atoms with E-state index in [9.17, 15) is 0 Å². The molecule has 0 spiro atoms. The van der Waals surface area contributed by atoms with Crippen LogP contribution in [-0.4, -0.2) is 41.8 Å². The van der Waals surface area contributed by atoms with Gasteiger partial charge in [-0.25, -0.2) is 0 Å². The van der Waals surface area contributed by atoms with Crippen molar-refractivity contribution < 1.29 is 5.11 Å². The van der Waals surface area contributed by atoms with Gasteiger partial charge in [0.05, 0.1) is 0 Å². The standard InChI is InChI=1S/C13H28N2O/c1-12-7-6-8-13(11-14)15(12)9-4-2-3-5-10-16/h12-13,16H,2-11,14H2,1H3. The highest BCUT2D eigenvalue weighted by Crippen LogP contribution is 2.22. The highest BCUT2D eigenvalue weighted by atomic mass is 16.2. The van der Waals surface area contributed by atoms with E-state index in [4.69, 9.17) is 10.8 Å². The van der Waals surface area contributed by atoms with E-state index in [1.54, 1.807) is 0 Å². The number of unbranched alkanes of at least 4 members (excludes halogenated alkanes) is 3. The van der Waals surface area contributed by atoms with Crippen LogP contribution < -0.4 is 5.73 Å². The van der Waals surface area contributed by atoms with E-state index < -0.39 is 0 Å². The van der Waals surface area contributed by atoms with E-state index in [0.29, 0.717) is 18.7 Å². The summed E-state index contributed by atoms with van der Waals surface area (Å²) >= 11 is 0. The SMILES string of the molecule is CC1CCCC(CN)N1CCCCCCO. The fraction of sp³-hybridized carbons (Fsp3) is 1.00. The average Bonchev–Trinajstić information content (AvgIpc) is 2.30. The fourth-order valence-corrected chi connectivity index (χ4v) is 2.76. The molecular weight excluding hydrogens is 200 g/mol. The number of likely N-dealkylation sites (tertiary alicyclic amines) is 1. The Hall–Kier alpha value is -0.120. The first-order valence-corrected chi connectivity index (χ1v) is 6.86. The molecular formula is C13H28N2O. The Balaban J connectivity index is 2.20. The molecule has 1 aliphatic heterocycles.